The molecule has 13 heavy (non-hydrogen) atoms. The summed E-state index contributed by atoms with van der Waals surface area (Å²) >= 11 is 1.44. The van der Waals surface area contributed by atoms with Crippen LogP contribution in [0.15, 0.2) is 18.7 Å². The molecule has 0 atom stereocenters. The van der Waals surface area contributed by atoms with E-state index in [1.165, 1.54) is 24.4 Å². The number of aromatic nitrogens is 4. The summed E-state index contributed by atoms with van der Waals surface area (Å²) in [7, 11) is 0. The van der Waals surface area contributed by atoms with E-state index in [0.717, 1.165) is 11.0 Å². The van der Waals surface area contributed by atoms with Gasteiger partial charge in [0.15, 0.2) is 0 Å². The lowest BCUT2D eigenvalue weighted by Gasteiger charge is -1.90. The summed E-state index contributed by atoms with van der Waals surface area (Å²) in [5.74, 6) is 1.64. The van der Waals surface area contributed by atoms with Crippen LogP contribution in [0, 0.1) is 0 Å². The highest BCUT2D eigenvalue weighted by Crippen LogP contribution is 2.38. The second-order valence-corrected chi connectivity index (χ2v) is 3.91. The first kappa shape index (κ1) is 7.20. The second kappa shape index (κ2) is 2.63. The van der Waals surface area contributed by atoms with E-state index < -0.39 is 0 Å². The summed E-state index contributed by atoms with van der Waals surface area (Å²) in [5, 5.41) is 0.916. The Morgan fingerprint density at radius 3 is 3.08 bits per heavy atom. The lowest BCUT2D eigenvalue weighted by atomic mass is 10.4. The molecule has 0 aliphatic heterocycles. The third-order valence-corrected chi connectivity index (χ3v) is 2.84. The molecule has 2 heterocycles. The molecule has 5 heteroatoms. The van der Waals surface area contributed by atoms with Gasteiger partial charge in [-0.1, -0.05) is 0 Å². The smallest absolute Gasteiger partial charge is 0.214 e. The zero-order valence-electron chi connectivity index (χ0n) is 6.92. The van der Waals surface area contributed by atoms with Crippen LogP contribution >= 0.6 is 11.5 Å². The third-order valence-electron chi connectivity index (χ3n) is 2.10. The number of nitrogens with zero attached hydrogens (tertiary/aromatic N) is 4. The minimum atomic E-state index is 0.633. The Labute approximate surface area is 79.4 Å². The van der Waals surface area contributed by atoms with Gasteiger partial charge in [-0.25, -0.2) is 9.97 Å². The molecule has 3 rings (SSSR count). The van der Waals surface area contributed by atoms with Crippen molar-refractivity contribution in [3.63, 3.8) is 0 Å². The molecule has 1 fully saturated rings. The van der Waals surface area contributed by atoms with Crippen molar-refractivity contribution in [3.8, 4) is 5.13 Å². The molecule has 0 amide bonds. The van der Waals surface area contributed by atoms with Gasteiger partial charge >= 0.3 is 0 Å². The van der Waals surface area contributed by atoms with Crippen molar-refractivity contribution >= 4 is 11.5 Å². The molecule has 0 unspecified atom stereocenters. The maximum Gasteiger partial charge on any atom is 0.214 e. The minimum absolute atomic E-state index is 0.633. The van der Waals surface area contributed by atoms with Crippen molar-refractivity contribution in [2.24, 2.45) is 0 Å². The van der Waals surface area contributed by atoms with Gasteiger partial charge in [0, 0.05) is 29.8 Å². The van der Waals surface area contributed by atoms with Crippen LogP contribution in [-0.2, 0) is 0 Å². The van der Waals surface area contributed by atoms with Gasteiger partial charge in [-0.3, -0.25) is 4.57 Å². The molecule has 0 radical (unpaired) electrons. The highest BCUT2D eigenvalue weighted by atomic mass is 32.1. The van der Waals surface area contributed by atoms with E-state index in [9.17, 15) is 0 Å². The van der Waals surface area contributed by atoms with Crippen molar-refractivity contribution in [1.29, 1.82) is 0 Å². The Balaban J connectivity index is 1.97. The molecule has 2 aromatic rings. The molecule has 0 spiro atoms. The summed E-state index contributed by atoms with van der Waals surface area (Å²) in [4.78, 5) is 8.42. The van der Waals surface area contributed by atoms with E-state index in [-0.39, 0.29) is 0 Å². The quantitative estimate of drug-likeness (QED) is 0.726. The van der Waals surface area contributed by atoms with Crippen molar-refractivity contribution in [2.75, 3.05) is 0 Å². The van der Waals surface area contributed by atoms with Crippen LogP contribution < -0.4 is 0 Å². The van der Waals surface area contributed by atoms with Crippen molar-refractivity contribution in [1.82, 2.24) is 18.9 Å². The first-order chi connectivity index (χ1) is 6.43. The van der Waals surface area contributed by atoms with Crippen molar-refractivity contribution < 1.29 is 0 Å². The van der Waals surface area contributed by atoms with E-state index in [1.807, 2.05) is 10.8 Å². The molecular formula is C8H8N4S. The zero-order valence-corrected chi connectivity index (χ0v) is 7.74. The van der Waals surface area contributed by atoms with Gasteiger partial charge in [0.2, 0.25) is 5.13 Å². The number of rotatable bonds is 2. The Bertz CT molecular complexity index is 401. The Hall–Kier alpha value is -1.23. The zero-order chi connectivity index (χ0) is 8.67. The molecule has 4 nitrogen and oxygen atoms in total. The van der Waals surface area contributed by atoms with Crippen LogP contribution in [0.2, 0.25) is 0 Å². The van der Waals surface area contributed by atoms with E-state index in [2.05, 4.69) is 14.3 Å². The number of imidazole rings is 1. The average molecular weight is 192 g/mol. The van der Waals surface area contributed by atoms with E-state index in [1.54, 1.807) is 12.5 Å². The van der Waals surface area contributed by atoms with Crippen LogP contribution in [0.25, 0.3) is 5.13 Å². The Morgan fingerprint density at radius 2 is 2.38 bits per heavy atom. The Morgan fingerprint density at radius 1 is 1.46 bits per heavy atom. The van der Waals surface area contributed by atoms with Crippen LogP contribution in [0.5, 0.6) is 0 Å². The fraction of sp³-hybridized carbons (Fsp3) is 0.375. The third kappa shape index (κ3) is 1.25. The molecule has 1 saturated carbocycles. The van der Waals surface area contributed by atoms with Crippen LogP contribution in [0.4, 0.5) is 0 Å². The number of hydrogen-bond acceptors (Lipinski definition) is 4. The van der Waals surface area contributed by atoms with E-state index >= 15 is 0 Å². The monoisotopic (exact) mass is 192 g/mol. The molecule has 1 aliphatic carbocycles. The Kier molecular flexibility index (Phi) is 1.46. The predicted molar refractivity (Wildman–Crippen MR) is 49.0 cm³/mol. The summed E-state index contributed by atoms with van der Waals surface area (Å²) < 4.78 is 6.21. The van der Waals surface area contributed by atoms with Gasteiger partial charge in [0.25, 0.3) is 0 Å². The van der Waals surface area contributed by atoms with E-state index in [0.29, 0.717) is 5.92 Å². The molecule has 0 N–H and O–H groups in total. The maximum absolute atomic E-state index is 4.45. The molecule has 0 bridgehead atoms. The molecule has 2 aromatic heterocycles. The lowest BCUT2D eigenvalue weighted by molar-refractivity contribution is 0.945. The van der Waals surface area contributed by atoms with E-state index in [4.69, 9.17) is 0 Å². The minimum Gasteiger partial charge on any atom is -0.281 e. The second-order valence-electron chi connectivity index (χ2n) is 3.18. The summed E-state index contributed by atoms with van der Waals surface area (Å²) in [6.07, 6.45) is 7.88. The van der Waals surface area contributed by atoms with Crippen LogP contribution in [0.1, 0.15) is 24.6 Å². The SMILES string of the molecule is c1cn(-c2nc(C3CC3)ns2)cn1. The first-order valence-corrected chi connectivity index (χ1v) is 5.03. The van der Waals surface area contributed by atoms with Crippen LogP contribution in [-0.4, -0.2) is 18.9 Å². The standard InChI is InChI=1S/C8H8N4S/c1-2-6(1)7-10-8(13-11-7)12-4-3-9-5-12/h3-6H,1-2H2. The van der Waals surface area contributed by atoms with Gasteiger partial charge in [0.1, 0.15) is 12.2 Å². The normalized spacial score (nSPS) is 16.3. The average Bonchev–Trinajstić information content (AvgIpc) is 2.72. The maximum atomic E-state index is 4.45. The first-order valence-electron chi connectivity index (χ1n) is 4.25. The molecule has 0 aromatic carbocycles. The summed E-state index contributed by atoms with van der Waals surface area (Å²) in [6, 6.07) is 0. The van der Waals surface area contributed by atoms with Crippen molar-refractivity contribution in [3.05, 3.63) is 24.5 Å². The highest BCUT2D eigenvalue weighted by molar-refractivity contribution is 7.08. The summed E-state index contributed by atoms with van der Waals surface area (Å²) in [5.41, 5.74) is 0. The topological polar surface area (TPSA) is 43.6 Å². The largest absolute Gasteiger partial charge is 0.281 e. The fourth-order valence-electron chi connectivity index (χ4n) is 1.21. The lowest BCUT2D eigenvalue weighted by Crippen LogP contribution is -1.89. The fourth-order valence-corrected chi connectivity index (χ4v) is 1.91. The number of hydrogen-bond donors (Lipinski definition) is 0. The molecule has 66 valence electrons. The van der Waals surface area contributed by atoms with Gasteiger partial charge in [0.05, 0.1) is 0 Å². The van der Waals surface area contributed by atoms with Crippen LogP contribution in [0.3, 0.4) is 0 Å². The van der Waals surface area contributed by atoms with Gasteiger partial charge in [-0.2, -0.15) is 4.37 Å². The predicted octanol–water partition coefficient (Wildman–Crippen LogP) is 1.60. The molecule has 1 aliphatic rings. The van der Waals surface area contributed by atoms with Crippen molar-refractivity contribution in [2.45, 2.75) is 18.8 Å². The molecule has 0 saturated heterocycles. The van der Waals surface area contributed by atoms with Gasteiger partial charge in [-0.05, 0) is 12.8 Å². The summed E-state index contributed by atoms with van der Waals surface area (Å²) in [6.45, 7) is 0. The highest BCUT2D eigenvalue weighted by Gasteiger charge is 2.27. The van der Waals surface area contributed by atoms with Gasteiger partial charge < -0.3 is 0 Å². The molecular weight excluding hydrogens is 184 g/mol. The van der Waals surface area contributed by atoms with Gasteiger partial charge in [-0.15, -0.1) is 0 Å².